The molecule has 0 aliphatic heterocycles. The van der Waals surface area contributed by atoms with Gasteiger partial charge >= 0.3 is 0 Å². The Balaban J connectivity index is 2.83. The summed E-state index contributed by atoms with van der Waals surface area (Å²) in [5.41, 5.74) is 0.900. The predicted octanol–water partition coefficient (Wildman–Crippen LogP) is 2.01. The number of nitrogens with zero attached hydrogens (tertiary/aromatic N) is 2. The summed E-state index contributed by atoms with van der Waals surface area (Å²) in [6, 6.07) is 0. The zero-order valence-electron chi connectivity index (χ0n) is 11.8. The highest BCUT2D eigenvalue weighted by atomic mass is 32.1. The third-order valence-electron chi connectivity index (χ3n) is 2.71. The molecule has 1 aromatic heterocycles. The van der Waals surface area contributed by atoms with E-state index in [0.717, 1.165) is 47.9 Å². The molecule has 0 bridgehead atoms. The first-order valence-electron chi connectivity index (χ1n) is 6.44. The fourth-order valence-electron chi connectivity index (χ4n) is 1.70. The molecule has 1 aromatic rings. The van der Waals surface area contributed by atoms with Crippen LogP contribution in [0.3, 0.4) is 0 Å². The smallest absolute Gasteiger partial charge is 0.186 e. The van der Waals surface area contributed by atoms with Gasteiger partial charge in [0.2, 0.25) is 0 Å². The van der Waals surface area contributed by atoms with Crippen LogP contribution in [0.25, 0.3) is 0 Å². The standard InChI is InChI=1S/C13H22N2O3S/c1-4-5-11-12(10-16)19-13(14-11)15(6-8-17-2)7-9-18-3/h10H,4-9H2,1-3H3. The Kier molecular flexibility index (Phi) is 7.62. The Morgan fingerprint density at radius 2 is 1.89 bits per heavy atom. The van der Waals surface area contributed by atoms with Crippen molar-refractivity contribution in [2.75, 3.05) is 45.4 Å². The molecule has 0 N–H and O–H groups in total. The van der Waals surface area contributed by atoms with Crippen molar-refractivity contribution in [3.63, 3.8) is 0 Å². The number of rotatable bonds is 10. The van der Waals surface area contributed by atoms with Crippen LogP contribution in [0, 0.1) is 0 Å². The highest BCUT2D eigenvalue weighted by Gasteiger charge is 2.15. The average Bonchev–Trinajstić information content (AvgIpc) is 2.82. The summed E-state index contributed by atoms with van der Waals surface area (Å²) in [5.74, 6) is 0. The maximum atomic E-state index is 11.1. The molecule has 0 fully saturated rings. The molecule has 0 aliphatic rings. The van der Waals surface area contributed by atoms with Gasteiger partial charge in [0.15, 0.2) is 11.4 Å². The molecule has 0 amide bonds. The van der Waals surface area contributed by atoms with Crippen LogP contribution in [-0.2, 0) is 15.9 Å². The summed E-state index contributed by atoms with van der Waals surface area (Å²) in [4.78, 5) is 18.5. The number of anilines is 1. The van der Waals surface area contributed by atoms with Crippen LogP contribution in [0.2, 0.25) is 0 Å². The second-order valence-corrected chi connectivity index (χ2v) is 5.16. The van der Waals surface area contributed by atoms with Gasteiger partial charge in [-0.2, -0.15) is 0 Å². The third kappa shape index (κ3) is 4.89. The van der Waals surface area contributed by atoms with Crippen molar-refractivity contribution in [1.82, 2.24) is 4.98 Å². The molecular weight excluding hydrogens is 264 g/mol. The van der Waals surface area contributed by atoms with E-state index < -0.39 is 0 Å². The maximum absolute atomic E-state index is 11.1. The fraction of sp³-hybridized carbons (Fsp3) is 0.692. The lowest BCUT2D eigenvalue weighted by atomic mass is 10.2. The number of thiazole rings is 1. The summed E-state index contributed by atoms with van der Waals surface area (Å²) in [5, 5.41) is 0.875. The average molecular weight is 286 g/mol. The third-order valence-corrected chi connectivity index (χ3v) is 3.80. The van der Waals surface area contributed by atoms with E-state index in [4.69, 9.17) is 9.47 Å². The summed E-state index contributed by atoms with van der Waals surface area (Å²) < 4.78 is 10.2. The van der Waals surface area contributed by atoms with Crippen LogP contribution < -0.4 is 4.90 Å². The lowest BCUT2D eigenvalue weighted by Gasteiger charge is -2.20. The normalized spacial score (nSPS) is 10.7. The molecule has 0 aromatic carbocycles. The predicted molar refractivity (Wildman–Crippen MR) is 77.5 cm³/mol. The van der Waals surface area contributed by atoms with E-state index in [2.05, 4.69) is 16.8 Å². The van der Waals surface area contributed by atoms with Crippen LogP contribution >= 0.6 is 11.3 Å². The van der Waals surface area contributed by atoms with Crippen molar-refractivity contribution in [3.05, 3.63) is 10.6 Å². The van der Waals surface area contributed by atoms with Gasteiger partial charge in [-0.3, -0.25) is 4.79 Å². The van der Waals surface area contributed by atoms with Crippen LogP contribution in [0.1, 0.15) is 28.7 Å². The van der Waals surface area contributed by atoms with Crippen LogP contribution in [0.15, 0.2) is 0 Å². The van der Waals surface area contributed by atoms with Gasteiger partial charge in [-0.05, 0) is 6.42 Å². The molecule has 1 rings (SSSR count). The van der Waals surface area contributed by atoms with Gasteiger partial charge in [0.25, 0.3) is 0 Å². The summed E-state index contributed by atoms with van der Waals surface area (Å²) >= 11 is 1.44. The van der Waals surface area contributed by atoms with Gasteiger partial charge in [-0.25, -0.2) is 4.98 Å². The van der Waals surface area contributed by atoms with E-state index in [9.17, 15) is 4.79 Å². The first-order chi connectivity index (χ1) is 9.26. The number of ether oxygens (including phenoxy) is 2. The Hall–Kier alpha value is -0.980. The maximum Gasteiger partial charge on any atom is 0.186 e. The van der Waals surface area contributed by atoms with E-state index in [1.807, 2.05) is 0 Å². The Morgan fingerprint density at radius 3 is 2.37 bits per heavy atom. The first kappa shape index (κ1) is 16.1. The van der Waals surface area contributed by atoms with Gasteiger partial charge in [0.1, 0.15) is 0 Å². The molecule has 6 heteroatoms. The highest BCUT2D eigenvalue weighted by Crippen LogP contribution is 2.25. The molecule has 0 aliphatic carbocycles. The lowest BCUT2D eigenvalue weighted by molar-refractivity contribution is 0.112. The zero-order chi connectivity index (χ0) is 14.1. The monoisotopic (exact) mass is 286 g/mol. The molecule has 0 spiro atoms. The number of hydrogen-bond acceptors (Lipinski definition) is 6. The number of carbonyl (C=O) groups is 1. The van der Waals surface area contributed by atoms with Crippen molar-refractivity contribution in [1.29, 1.82) is 0 Å². The minimum absolute atomic E-state index is 0.628. The van der Waals surface area contributed by atoms with Gasteiger partial charge in [0.05, 0.1) is 23.8 Å². The summed E-state index contributed by atoms with van der Waals surface area (Å²) in [6.45, 7) is 4.83. The summed E-state index contributed by atoms with van der Waals surface area (Å²) in [6.07, 6.45) is 2.73. The van der Waals surface area contributed by atoms with E-state index in [1.54, 1.807) is 14.2 Å². The highest BCUT2D eigenvalue weighted by molar-refractivity contribution is 7.17. The summed E-state index contributed by atoms with van der Waals surface area (Å²) in [7, 11) is 3.35. The van der Waals surface area contributed by atoms with Gasteiger partial charge < -0.3 is 14.4 Å². The second kappa shape index (κ2) is 9.01. The Bertz CT molecular complexity index is 374. The van der Waals surface area contributed by atoms with E-state index >= 15 is 0 Å². The molecule has 1 heterocycles. The fourth-order valence-corrected chi connectivity index (χ4v) is 2.68. The van der Waals surface area contributed by atoms with Crippen LogP contribution in [0.4, 0.5) is 5.13 Å². The van der Waals surface area contributed by atoms with Gasteiger partial charge in [0, 0.05) is 27.3 Å². The van der Waals surface area contributed by atoms with E-state index in [0.29, 0.717) is 13.2 Å². The van der Waals surface area contributed by atoms with Crippen LogP contribution in [0.5, 0.6) is 0 Å². The molecule has 0 unspecified atom stereocenters. The van der Waals surface area contributed by atoms with Crippen molar-refractivity contribution in [2.45, 2.75) is 19.8 Å². The van der Waals surface area contributed by atoms with Crippen molar-refractivity contribution >= 4 is 22.8 Å². The Labute approximate surface area is 118 Å². The molecule has 108 valence electrons. The van der Waals surface area contributed by atoms with Crippen molar-refractivity contribution < 1.29 is 14.3 Å². The lowest BCUT2D eigenvalue weighted by Crippen LogP contribution is -2.30. The number of carbonyl (C=O) groups excluding carboxylic acids is 1. The minimum atomic E-state index is 0.628. The van der Waals surface area contributed by atoms with Gasteiger partial charge in [-0.15, -0.1) is 0 Å². The van der Waals surface area contributed by atoms with Crippen molar-refractivity contribution in [2.24, 2.45) is 0 Å². The molecule has 19 heavy (non-hydrogen) atoms. The molecule has 0 atom stereocenters. The number of aldehydes is 1. The number of hydrogen-bond donors (Lipinski definition) is 0. The Morgan fingerprint density at radius 1 is 1.26 bits per heavy atom. The molecule has 0 saturated heterocycles. The van der Waals surface area contributed by atoms with E-state index in [1.165, 1.54) is 11.3 Å². The first-order valence-corrected chi connectivity index (χ1v) is 7.26. The van der Waals surface area contributed by atoms with E-state index in [-0.39, 0.29) is 0 Å². The molecule has 0 saturated carbocycles. The van der Waals surface area contributed by atoms with Crippen molar-refractivity contribution in [3.8, 4) is 0 Å². The topological polar surface area (TPSA) is 51.7 Å². The number of aryl methyl sites for hydroxylation is 1. The minimum Gasteiger partial charge on any atom is -0.383 e. The largest absolute Gasteiger partial charge is 0.383 e. The molecular formula is C13H22N2O3S. The number of methoxy groups -OCH3 is 2. The second-order valence-electron chi connectivity index (χ2n) is 4.15. The molecule has 0 radical (unpaired) electrons. The zero-order valence-corrected chi connectivity index (χ0v) is 12.7. The quantitative estimate of drug-likeness (QED) is 0.616. The number of aromatic nitrogens is 1. The van der Waals surface area contributed by atoms with Gasteiger partial charge in [-0.1, -0.05) is 24.7 Å². The van der Waals surface area contributed by atoms with Crippen LogP contribution in [-0.4, -0.2) is 51.8 Å². The SMILES string of the molecule is CCCc1nc(N(CCOC)CCOC)sc1C=O. The molecule has 5 nitrogen and oxygen atoms in total.